The van der Waals surface area contributed by atoms with Crippen LogP contribution in [0.3, 0.4) is 0 Å². The topological polar surface area (TPSA) is 76.5 Å². The predicted molar refractivity (Wildman–Crippen MR) is 67.9 cm³/mol. The average Bonchev–Trinajstić information content (AvgIpc) is 2.47. The van der Waals surface area contributed by atoms with E-state index in [1.165, 1.54) is 30.6 Å². The molecule has 0 fully saturated rings. The van der Waals surface area contributed by atoms with Crippen molar-refractivity contribution in [3.8, 4) is 11.1 Å². The minimum atomic E-state index is -1.16. The lowest BCUT2D eigenvalue weighted by atomic mass is 9.99. The van der Waals surface area contributed by atoms with E-state index >= 15 is 0 Å². The van der Waals surface area contributed by atoms with E-state index in [9.17, 15) is 14.0 Å². The molecule has 0 saturated heterocycles. The molecule has 2 rings (SSSR count). The number of rotatable bonds is 3. The van der Waals surface area contributed by atoms with Gasteiger partial charge in [-0.15, -0.1) is 0 Å². The second-order valence-electron chi connectivity index (χ2n) is 3.91. The molecule has 0 unspecified atom stereocenters. The zero-order valence-electron chi connectivity index (χ0n) is 10.5. The number of pyridine rings is 1. The molecule has 1 N–H and O–H groups in total. The molecule has 0 aliphatic heterocycles. The molecule has 0 aliphatic carbocycles. The Morgan fingerprint density at radius 2 is 2.00 bits per heavy atom. The summed E-state index contributed by atoms with van der Waals surface area (Å²) in [6.07, 6.45) is 2.61. The summed E-state index contributed by atoms with van der Waals surface area (Å²) in [5.74, 6) is -2.71. The zero-order valence-corrected chi connectivity index (χ0v) is 10.5. The molecule has 0 aliphatic rings. The number of methoxy groups -OCH3 is 1. The first kappa shape index (κ1) is 13.7. The Bertz CT molecular complexity index is 685. The standard InChI is InChI=1S/C14H10FNO4/c1-20-14(19)10-6-8(2-3-12(10)15)9-4-5-16-7-11(9)13(17)18/h2-7H,1H3,(H,17,18). The average molecular weight is 275 g/mol. The molecular weight excluding hydrogens is 265 g/mol. The van der Waals surface area contributed by atoms with Crippen LogP contribution in [0.15, 0.2) is 36.7 Å². The van der Waals surface area contributed by atoms with E-state index in [1.54, 1.807) is 0 Å². The van der Waals surface area contributed by atoms with Crippen LogP contribution in [-0.2, 0) is 4.74 Å². The Kier molecular flexibility index (Phi) is 3.74. The molecule has 0 atom stereocenters. The molecule has 2 aromatic rings. The molecule has 5 nitrogen and oxygen atoms in total. The van der Waals surface area contributed by atoms with Gasteiger partial charge in [0.2, 0.25) is 0 Å². The van der Waals surface area contributed by atoms with Crippen LogP contribution in [0.2, 0.25) is 0 Å². The van der Waals surface area contributed by atoms with Crippen LogP contribution in [0, 0.1) is 5.82 Å². The molecule has 0 saturated carbocycles. The minimum absolute atomic E-state index is 0.0325. The number of aromatic carboxylic acids is 1. The number of carbonyl (C=O) groups is 2. The number of hydrogen-bond acceptors (Lipinski definition) is 4. The molecule has 0 radical (unpaired) electrons. The number of halogens is 1. The second-order valence-corrected chi connectivity index (χ2v) is 3.91. The van der Waals surface area contributed by atoms with E-state index in [-0.39, 0.29) is 11.1 Å². The van der Waals surface area contributed by atoms with Crippen molar-refractivity contribution in [3.63, 3.8) is 0 Å². The number of benzene rings is 1. The summed E-state index contributed by atoms with van der Waals surface area (Å²) in [6.45, 7) is 0. The fourth-order valence-electron chi connectivity index (χ4n) is 1.78. The largest absolute Gasteiger partial charge is 0.478 e. The number of carboxylic acids is 1. The van der Waals surface area contributed by atoms with Crippen LogP contribution in [0.25, 0.3) is 11.1 Å². The third kappa shape index (κ3) is 2.49. The van der Waals surface area contributed by atoms with Crippen molar-refractivity contribution in [1.29, 1.82) is 0 Å². The van der Waals surface area contributed by atoms with Gasteiger partial charge < -0.3 is 9.84 Å². The monoisotopic (exact) mass is 275 g/mol. The summed E-state index contributed by atoms with van der Waals surface area (Å²) in [5.41, 5.74) is 0.456. The lowest BCUT2D eigenvalue weighted by Gasteiger charge is -2.08. The summed E-state index contributed by atoms with van der Waals surface area (Å²) in [6, 6.07) is 5.22. The lowest BCUT2D eigenvalue weighted by Crippen LogP contribution is -2.05. The van der Waals surface area contributed by atoms with Gasteiger partial charge in [-0.3, -0.25) is 4.98 Å². The first-order valence-corrected chi connectivity index (χ1v) is 5.60. The van der Waals surface area contributed by atoms with Crippen molar-refractivity contribution >= 4 is 11.9 Å². The number of carboxylic acid groups (broad SMARTS) is 1. The van der Waals surface area contributed by atoms with Gasteiger partial charge >= 0.3 is 11.9 Å². The summed E-state index contributed by atoms with van der Waals surface area (Å²) in [7, 11) is 1.14. The number of esters is 1. The van der Waals surface area contributed by atoms with E-state index in [2.05, 4.69) is 9.72 Å². The maximum Gasteiger partial charge on any atom is 0.340 e. The summed E-state index contributed by atoms with van der Waals surface area (Å²) in [4.78, 5) is 26.3. The van der Waals surface area contributed by atoms with E-state index in [0.717, 1.165) is 13.2 Å². The van der Waals surface area contributed by atoms with Crippen LogP contribution in [-0.4, -0.2) is 29.1 Å². The van der Waals surface area contributed by atoms with Gasteiger partial charge in [-0.1, -0.05) is 6.07 Å². The van der Waals surface area contributed by atoms with Gasteiger partial charge in [0.15, 0.2) is 0 Å². The van der Waals surface area contributed by atoms with Gasteiger partial charge in [0.05, 0.1) is 18.2 Å². The van der Waals surface area contributed by atoms with Gasteiger partial charge in [0, 0.05) is 12.4 Å². The Morgan fingerprint density at radius 1 is 1.25 bits per heavy atom. The molecular formula is C14H10FNO4. The van der Waals surface area contributed by atoms with Crippen LogP contribution < -0.4 is 0 Å². The SMILES string of the molecule is COC(=O)c1cc(-c2ccncc2C(=O)O)ccc1F. The van der Waals surface area contributed by atoms with Gasteiger partial charge in [-0.2, -0.15) is 0 Å². The fraction of sp³-hybridized carbons (Fsp3) is 0.0714. The van der Waals surface area contributed by atoms with Crippen molar-refractivity contribution in [2.24, 2.45) is 0 Å². The number of nitrogens with zero attached hydrogens (tertiary/aromatic N) is 1. The van der Waals surface area contributed by atoms with Crippen LogP contribution in [0.4, 0.5) is 4.39 Å². The van der Waals surface area contributed by atoms with Crippen molar-refractivity contribution in [1.82, 2.24) is 4.98 Å². The molecule has 6 heteroatoms. The number of carbonyl (C=O) groups excluding carboxylic acids is 1. The Labute approximate surface area is 113 Å². The minimum Gasteiger partial charge on any atom is -0.478 e. The molecule has 0 amide bonds. The highest BCUT2D eigenvalue weighted by Gasteiger charge is 2.16. The van der Waals surface area contributed by atoms with Crippen molar-refractivity contribution in [3.05, 3.63) is 53.6 Å². The highest BCUT2D eigenvalue weighted by Crippen LogP contribution is 2.25. The van der Waals surface area contributed by atoms with Crippen molar-refractivity contribution < 1.29 is 23.8 Å². The van der Waals surface area contributed by atoms with Crippen LogP contribution >= 0.6 is 0 Å². The number of aromatic nitrogens is 1. The summed E-state index contributed by atoms with van der Waals surface area (Å²) in [5, 5.41) is 9.10. The summed E-state index contributed by atoms with van der Waals surface area (Å²) < 4.78 is 18.0. The van der Waals surface area contributed by atoms with E-state index in [4.69, 9.17) is 5.11 Å². The van der Waals surface area contributed by atoms with Crippen LogP contribution in [0.5, 0.6) is 0 Å². The van der Waals surface area contributed by atoms with E-state index < -0.39 is 17.8 Å². The second kappa shape index (κ2) is 5.48. The smallest absolute Gasteiger partial charge is 0.340 e. The Hall–Kier alpha value is -2.76. The maximum absolute atomic E-state index is 13.6. The fourth-order valence-corrected chi connectivity index (χ4v) is 1.78. The third-order valence-electron chi connectivity index (χ3n) is 2.73. The van der Waals surface area contributed by atoms with Gasteiger partial charge in [0.1, 0.15) is 5.82 Å². The number of ether oxygens (including phenoxy) is 1. The molecule has 0 spiro atoms. The highest BCUT2D eigenvalue weighted by atomic mass is 19.1. The lowest BCUT2D eigenvalue weighted by molar-refractivity contribution is 0.0594. The molecule has 102 valence electrons. The molecule has 1 aromatic carbocycles. The quantitative estimate of drug-likeness (QED) is 0.870. The molecule has 20 heavy (non-hydrogen) atoms. The van der Waals surface area contributed by atoms with Gasteiger partial charge in [0.25, 0.3) is 0 Å². The van der Waals surface area contributed by atoms with Crippen LogP contribution in [0.1, 0.15) is 20.7 Å². The normalized spacial score (nSPS) is 10.1. The molecule has 0 bridgehead atoms. The van der Waals surface area contributed by atoms with Crippen molar-refractivity contribution in [2.45, 2.75) is 0 Å². The highest BCUT2D eigenvalue weighted by molar-refractivity contribution is 5.97. The third-order valence-corrected chi connectivity index (χ3v) is 2.73. The maximum atomic E-state index is 13.6. The molecule has 1 aromatic heterocycles. The van der Waals surface area contributed by atoms with Gasteiger partial charge in [-0.25, -0.2) is 14.0 Å². The first-order valence-electron chi connectivity index (χ1n) is 5.60. The van der Waals surface area contributed by atoms with E-state index in [1.807, 2.05) is 0 Å². The molecule has 1 heterocycles. The van der Waals surface area contributed by atoms with Gasteiger partial charge in [-0.05, 0) is 29.3 Å². The first-order chi connectivity index (χ1) is 9.54. The summed E-state index contributed by atoms with van der Waals surface area (Å²) >= 11 is 0. The number of hydrogen-bond donors (Lipinski definition) is 1. The predicted octanol–water partition coefficient (Wildman–Crippen LogP) is 2.37. The Morgan fingerprint density at radius 3 is 2.65 bits per heavy atom. The van der Waals surface area contributed by atoms with Crippen molar-refractivity contribution in [2.75, 3.05) is 7.11 Å². The Balaban J connectivity index is 2.60. The zero-order chi connectivity index (χ0) is 14.7. The van der Waals surface area contributed by atoms with E-state index in [0.29, 0.717) is 11.1 Å².